The van der Waals surface area contributed by atoms with Gasteiger partial charge in [0.2, 0.25) is 0 Å². The summed E-state index contributed by atoms with van der Waals surface area (Å²) in [6.45, 7) is 5.97. The minimum atomic E-state index is 0.0298. The molecule has 0 bridgehead atoms. The van der Waals surface area contributed by atoms with Crippen LogP contribution in [-0.2, 0) is 4.74 Å². The molecule has 2 atom stereocenters. The lowest BCUT2D eigenvalue weighted by Gasteiger charge is -2.20. The van der Waals surface area contributed by atoms with E-state index in [9.17, 15) is 0 Å². The molecule has 0 aromatic heterocycles. The van der Waals surface area contributed by atoms with E-state index in [0.717, 1.165) is 5.92 Å². The smallest absolute Gasteiger partial charge is 0.110 e. The summed E-state index contributed by atoms with van der Waals surface area (Å²) in [5.74, 6) is 0.821. The van der Waals surface area contributed by atoms with Gasteiger partial charge in [0, 0.05) is 0 Å². The number of epoxide rings is 1. The van der Waals surface area contributed by atoms with Crippen LogP contribution in [0.4, 0.5) is 0 Å². The van der Waals surface area contributed by atoms with Gasteiger partial charge in [-0.25, -0.2) is 0 Å². The maximum Gasteiger partial charge on any atom is 0.110 e. The van der Waals surface area contributed by atoms with Crippen molar-refractivity contribution in [2.45, 2.75) is 50.7 Å². The first-order valence-corrected chi connectivity index (χ1v) is 5.08. The molecule has 1 saturated heterocycles. The number of rotatable bonds is 2. The molecule has 1 aliphatic carbocycles. The highest BCUT2D eigenvalue weighted by molar-refractivity contribution is 5.13. The minimum absolute atomic E-state index is 0.0298. The molecule has 0 radical (unpaired) electrons. The van der Waals surface area contributed by atoms with Gasteiger partial charge in [0.1, 0.15) is 5.60 Å². The van der Waals surface area contributed by atoms with Crippen LogP contribution < -0.4 is 0 Å². The van der Waals surface area contributed by atoms with Crippen LogP contribution in [0.15, 0.2) is 12.7 Å². The first-order chi connectivity index (χ1) is 5.76. The lowest BCUT2D eigenvalue weighted by atomic mass is 9.83. The summed E-state index contributed by atoms with van der Waals surface area (Å²) in [6.07, 6.45) is 9.42. The molecule has 1 aliphatic heterocycles. The van der Waals surface area contributed by atoms with Crippen molar-refractivity contribution in [1.82, 2.24) is 0 Å². The van der Waals surface area contributed by atoms with E-state index in [2.05, 4.69) is 13.5 Å². The van der Waals surface area contributed by atoms with Crippen molar-refractivity contribution >= 4 is 0 Å². The van der Waals surface area contributed by atoms with Crippen molar-refractivity contribution in [1.29, 1.82) is 0 Å². The maximum absolute atomic E-state index is 5.68. The van der Waals surface area contributed by atoms with Crippen LogP contribution in [0.5, 0.6) is 0 Å². The van der Waals surface area contributed by atoms with E-state index < -0.39 is 0 Å². The van der Waals surface area contributed by atoms with Crippen LogP contribution in [0.25, 0.3) is 0 Å². The molecule has 2 aliphatic rings. The summed E-state index contributed by atoms with van der Waals surface area (Å²) in [5, 5.41) is 0. The van der Waals surface area contributed by atoms with E-state index in [-0.39, 0.29) is 5.60 Å². The molecule has 0 amide bonds. The Morgan fingerprint density at radius 3 is 2.50 bits per heavy atom. The first kappa shape index (κ1) is 8.31. The molecule has 1 saturated carbocycles. The summed E-state index contributed by atoms with van der Waals surface area (Å²) >= 11 is 0. The van der Waals surface area contributed by atoms with Crippen molar-refractivity contribution in [3.8, 4) is 0 Å². The molecule has 0 aromatic carbocycles. The van der Waals surface area contributed by atoms with Gasteiger partial charge >= 0.3 is 0 Å². The van der Waals surface area contributed by atoms with Crippen LogP contribution in [0, 0.1) is 5.92 Å². The van der Waals surface area contributed by atoms with Gasteiger partial charge in [0.25, 0.3) is 0 Å². The monoisotopic (exact) mass is 166 g/mol. The zero-order chi connectivity index (χ0) is 8.60. The third-order valence-electron chi connectivity index (χ3n) is 3.37. The van der Waals surface area contributed by atoms with Crippen LogP contribution >= 0.6 is 0 Å². The SMILES string of the molecule is C=CC1(C)OC1C1CCCCC1. The highest BCUT2D eigenvalue weighted by Crippen LogP contribution is 2.46. The molecule has 12 heavy (non-hydrogen) atoms. The Hall–Kier alpha value is -0.300. The molecule has 2 unspecified atom stereocenters. The molecule has 2 rings (SSSR count). The summed E-state index contributed by atoms with van der Waals surface area (Å²) in [5.41, 5.74) is 0.0298. The van der Waals surface area contributed by atoms with Crippen molar-refractivity contribution in [3.05, 3.63) is 12.7 Å². The maximum atomic E-state index is 5.68. The Morgan fingerprint density at radius 1 is 1.33 bits per heavy atom. The van der Waals surface area contributed by atoms with E-state index in [1.165, 1.54) is 32.1 Å². The van der Waals surface area contributed by atoms with Crippen molar-refractivity contribution < 1.29 is 4.74 Å². The third kappa shape index (κ3) is 1.31. The standard InChI is InChI=1S/C11H18O/c1-3-11(2)10(12-11)9-7-5-4-6-8-9/h3,9-10H,1,4-8H2,2H3. The van der Waals surface area contributed by atoms with Crippen LogP contribution in [0.2, 0.25) is 0 Å². The molecular formula is C11H18O. The average Bonchev–Trinajstić information content (AvgIpc) is 2.81. The molecular weight excluding hydrogens is 148 g/mol. The molecule has 2 fully saturated rings. The highest BCUT2D eigenvalue weighted by atomic mass is 16.6. The Morgan fingerprint density at radius 2 is 2.00 bits per heavy atom. The molecule has 0 aromatic rings. The van der Waals surface area contributed by atoms with Gasteiger partial charge < -0.3 is 4.74 Å². The topological polar surface area (TPSA) is 12.5 Å². The number of ether oxygens (including phenoxy) is 1. The fourth-order valence-corrected chi connectivity index (χ4v) is 2.40. The van der Waals surface area contributed by atoms with Gasteiger partial charge in [0.05, 0.1) is 6.10 Å². The van der Waals surface area contributed by atoms with Gasteiger partial charge in [-0.1, -0.05) is 25.3 Å². The van der Waals surface area contributed by atoms with Gasteiger partial charge in [0.15, 0.2) is 0 Å². The Bertz CT molecular complexity index is 181. The molecule has 68 valence electrons. The normalized spacial score (nSPS) is 42.6. The number of hydrogen-bond donors (Lipinski definition) is 0. The fraction of sp³-hybridized carbons (Fsp3) is 0.818. The van der Waals surface area contributed by atoms with E-state index in [1.807, 2.05) is 6.08 Å². The first-order valence-electron chi connectivity index (χ1n) is 5.08. The van der Waals surface area contributed by atoms with Gasteiger partial charge in [-0.3, -0.25) is 0 Å². The zero-order valence-electron chi connectivity index (χ0n) is 7.88. The van der Waals surface area contributed by atoms with E-state index in [4.69, 9.17) is 4.74 Å². The fourth-order valence-electron chi connectivity index (χ4n) is 2.40. The molecule has 1 nitrogen and oxygen atoms in total. The van der Waals surface area contributed by atoms with Gasteiger partial charge in [-0.15, -0.1) is 6.58 Å². The van der Waals surface area contributed by atoms with Gasteiger partial charge in [-0.2, -0.15) is 0 Å². The van der Waals surface area contributed by atoms with Gasteiger partial charge in [-0.05, 0) is 25.7 Å². The molecule has 1 heteroatoms. The largest absolute Gasteiger partial charge is 0.362 e. The lowest BCUT2D eigenvalue weighted by molar-refractivity contribution is 0.258. The summed E-state index contributed by atoms with van der Waals surface area (Å²) in [7, 11) is 0. The molecule has 1 heterocycles. The summed E-state index contributed by atoms with van der Waals surface area (Å²) in [6, 6.07) is 0. The second kappa shape index (κ2) is 2.88. The van der Waals surface area contributed by atoms with E-state index >= 15 is 0 Å². The summed E-state index contributed by atoms with van der Waals surface area (Å²) in [4.78, 5) is 0. The minimum Gasteiger partial charge on any atom is -0.362 e. The predicted molar refractivity (Wildman–Crippen MR) is 50.1 cm³/mol. The highest BCUT2D eigenvalue weighted by Gasteiger charge is 2.53. The Balaban J connectivity index is 1.90. The van der Waals surface area contributed by atoms with Crippen LogP contribution in [0.3, 0.4) is 0 Å². The van der Waals surface area contributed by atoms with Crippen molar-refractivity contribution in [2.24, 2.45) is 5.92 Å². The summed E-state index contributed by atoms with van der Waals surface area (Å²) < 4.78 is 5.68. The lowest BCUT2D eigenvalue weighted by Crippen LogP contribution is -2.18. The zero-order valence-corrected chi connectivity index (χ0v) is 7.88. The quantitative estimate of drug-likeness (QED) is 0.454. The second-order valence-corrected chi connectivity index (χ2v) is 4.32. The van der Waals surface area contributed by atoms with Crippen LogP contribution in [-0.4, -0.2) is 11.7 Å². The average molecular weight is 166 g/mol. The third-order valence-corrected chi connectivity index (χ3v) is 3.37. The second-order valence-electron chi connectivity index (χ2n) is 4.32. The van der Waals surface area contributed by atoms with Crippen molar-refractivity contribution in [3.63, 3.8) is 0 Å². The Kier molecular flexibility index (Phi) is 1.99. The van der Waals surface area contributed by atoms with Crippen LogP contribution in [0.1, 0.15) is 39.0 Å². The van der Waals surface area contributed by atoms with Crippen molar-refractivity contribution in [2.75, 3.05) is 0 Å². The van der Waals surface area contributed by atoms with E-state index in [0.29, 0.717) is 6.10 Å². The predicted octanol–water partition coefficient (Wildman–Crippen LogP) is 2.91. The molecule has 0 N–H and O–H groups in total. The number of hydrogen-bond acceptors (Lipinski definition) is 1. The Labute approximate surface area is 74.8 Å². The van der Waals surface area contributed by atoms with E-state index in [1.54, 1.807) is 0 Å². The molecule has 0 spiro atoms.